The second kappa shape index (κ2) is 12.7. The van der Waals surface area contributed by atoms with Crippen molar-refractivity contribution in [1.82, 2.24) is 5.32 Å². The highest BCUT2D eigenvalue weighted by Gasteiger charge is 2.24. The Bertz CT molecular complexity index is 436. The molecule has 2 atom stereocenters. The molecule has 2 unspecified atom stereocenters. The molecule has 1 fully saturated rings. The number of benzene rings is 1. The highest BCUT2D eigenvalue weighted by atomic mass is 16.6. The van der Waals surface area contributed by atoms with Crippen molar-refractivity contribution in [2.45, 2.75) is 58.8 Å². The maximum Gasteiger partial charge on any atom is 0.209 e. The molecule has 2 N–H and O–H groups in total. The van der Waals surface area contributed by atoms with E-state index in [1.807, 2.05) is 6.08 Å². The molecule has 136 valence electrons. The van der Waals surface area contributed by atoms with Crippen LogP contribution >= 0.6 is 0 Å². The van der Waals surface area contributed by atoms with E-state index in [-0.39, 0.29) is 0 Å². The van der Waals surface area contributed by atoms with Crippen LogP contribution in [-0.4, -0.2) is 30.0 Å². The zero-order valence-corrected chi connectivity index (χ0v) is 15.5. The first kappa shape index (κ1) is 22.4. The van der Waals surface area contributed by atoms with Crippen molar-refractivity contribution in [3.05, 3.63) is 48.6 Å². The molecule has 1 amide bonds. The summed E-state index contributed by atoms with van der Waals surface area (Å²) >= 11 is 0. The molecule has 0 bridgehead atoms. The first-order valence-electron chi connectivity index (χ1n) is 8.52. The molecule has 1 saturated heterocycles. The van der Waals surface area contributed by atoms with Gasteiger partial charge in [-0.3, -0.25) is 4.79 Å². The van der Waals surface area contributed by atoms with E-state index >= 15 is 0 Å². The van der Waals surface area contributed by atoms with Gasteiger partial charge in [0, 0.05) is 0 Å². The van der Waals surface area contributed by atoms with Crippen LogP contribution in [-0.2, 0) is 16.0 Å². The van der Waals surface area contributed by atoms with Crippen molar-refractivity contribution < 1.29 is 14.6 Å². The zero-order valence-electron chi connectivity index (χ0n) is 15.5. The minimum Gasteiger partial charge on any atom is -0.373 e. The smallest absolute Gasteiger partial charge is 0.209 e. The maximum absolute atomic E-state index is 9.55. The lowest BCUT2D eigenvalue weighted by Crippen LogP contribution is -2.37. The van der Waals surface area contributed by atoms with Gasteiger partial charge in [0.1, 0.15) is 5.72 Å². The second-order valence-electron chi connectivity index (χ2n) is 6.50. The number of carbonyl (C=O) groups excluding carboxylic acids is 1. The Morgan fingerprint density at radius 2 is 1.96 bits per heavy atom. The summed E-state index contributed by atoms with van der Waals surface area (Å²) in [6.07, 6.45) is 6.38. The fourth-order valence-corrected chi connectivity index (χ4v) is 1.90. The average Bonchev–Trinajstić information content (AvgIpc) is 3.32. The average molecular weight is 335 g/mol. The fraction of sp³-hybridized carbons (Fsp3) is 0.550. The molecule has 0 aromatic heterocycles. The summed E-state index contributed by atoms with van der Waals surface area (Å²) in [6, 6.07) is 10.7. The normalized spacial score (nSPS) is 16.5. The lowest BCUT2D eigenvalue weighted by Gasteiger charge is -2.13. The number of hydrogen-bond acceptors (Lipinski definition) is 3. The number of carbonyl (C=O) groups is 1. The molecule has 1 aromatic rings. The largest absolute Gasteiger partial charge is 0.373 e. The highest BCUT2D eigenvalue weighted by Crippen LogP contribution is 2.21. The molecule has 0 radical (unpaired) electrons. The van der Waals surface area contributed by atoms with Crippen molar-refractivity contribution in [2.75, 3.05) is 6.61 Å². The predicted octanol–water partition coefficient (Wildman–Crippen LogP) is 3.70. The molecule has 1 aromatic carbocycles. The lowest BCUT2D eigenvalue weighted by atomic mass is 9.97. The van der Waals surface area contributed by atoms with Gasteiger partial charge in [-0.1, -0.05) is 50.3 Å². The van der Waals surface area contributed by atoms with E-state index in [0.717, 1.165) is 18.9 Å². The zero-order chi connectivity index (χ0) is 18.4. The van der Waals surface area contributed by atoms with Crippen LogP contribution in [0.15, 0.2) is 43.0 Å². The van der Waals surface area contributed by atoms with E-state index in [0.29, 0.717) is 12.5 Å². The number of aliphatic hydroxyl groups is 1. The quantitative estimate of drug-likeness (QED) is 0.346. The summed E-state index contributed by atoms with van der Waals surface area (Å²) in [5, 5.41) is 10.8. The number of allylic oxidation sites excluding steroid dienone is 1. The number of ether oxygens (including phenoxy) is 1. The molecular formula is C20H33NO3. The third-order valence-electron chi connectivity index (χ3n) is 3.20. The minimum absolute atomic E-state index is 0.458. The molecule has 1 aliphatic rings. The SMILES string of the molecule is C=CCC.CC(C)(O)NC=O.CC(Cc1ccccc1)CC1CO1. The molecule has 0 aliphatic carbocycles. The van der Waals surface area contributed by atoms with E-state index < -0.39 is 5.72 Å². The van der Waals surface area contributed by atoms with Gasteiger partial charge >= 0.3 is 0 Å². The Morgan fingerprint density at radius 1 is 1.42 bits per heavy atom. The Morgan fingerprint density at radius 3 is 2.29 bits per heavy atom. The molecule has 4 nitrogen and oxygen atoms in total. The number of nitrogens with one attached hydrogen (secondary N) is 1. The Labute approximate surface area is 146 Å². The third-order valence-corrected chi connectivity index (χ3v) is 3.20. The molecular weight excluding hydrogens is 302 g/mol. The van der Waals surface area contributed by atoms with Gasteiger partial charge in [0.05, 0.1) is 12.7 Å². The standard InChI is InChI=1S/C12H16O.C4H9NO2.C4H8/c1-10(8-12-9-13-12)7-11-5-3-2-4-6-11;1-4(2,7)5-3-6;1-3-4-2/h2-6,10,12H,7-9H2,1H3;3,7H,1-2H3,(H,5,6);3H,1,4H2,2H3. The molecule has 2 rings (SSSR count). The van der Waals surface area contributed by atoms with Gasteiger partial charge in [-0.15, -0.1) is 6.58 Å². The van der Waals surface area contributed by atoms with E-state index in [1.54, 1.807) is 0 Å². The van der Waals surface area contributed by atoms with Crippen LogP contribution < -0.4 is 5.32 Å². The molecule has 0 spiro atoms. The summed E-state index contributed by atoms with van der Waals surface area (Å²) in [7, 11) is 0. The van der Waals surface area contributed by atoms with E-state index in [4.69, 9.17) is 9.84 Å². The Kier molecular flexibility index (Phi) is 11.9. The van der Waals surface area contributed by atoms with Crippen LogP contribution in [0, 0.1) is 5.92 Å². The summed E-state index contributed by atoms with van der Waals surface area (Å²) in [5.74, 6) is 0.745. The molecule has 24 heavy (non-hydrogen) atoms. The molecule has 0 saturated carbocycles. The Balaban J connectivity index is 0.000000408. The van der Waals surface area contributed by atoms with Crippen molar-refractivity contribution >= 4 is 6.41 Å². The fourth-order valence-electron chi connectivity index (χ4n) is 1.90. The molecule has 4 heteroatoms. The third kappa shape index (κ3) is 15.3. The van der Waals surface area contributed by atoms with Crippen molar-refractivity contribution in [1.29, 1.82) is 0 Å². The summed E-state index contributed by atoms with van der Waals surface area (Å²) in [4.78, 5) is 9.55. The van der Waals surface area contributed by atoms with Crippen LogP contribution in [0.5, 0.6) is 0 Å². The summed E-state index contributed by atoms with van der Waals surface area (Å²) in [5.41, 5.74) is 0.373. The summed E-state index contributed by atoms with van der Waals surface area (Å²) < 4.78 is 5.22. The Hall–Kier alpha value is -1.65. The lowest BCUT2D eigenvalue weighted by molar-refractivity contribution is -0.114. The van der Waals surface area contributed by atoms with Gasteiger partial charge in [0.15, 0.2) is 0 Å². The molecule has 1 heterocycles. The first-order chi connectivity index (χ1) is 11.3. The van der Waals surface area contributed by atoms with E-state index in [9.17, 15) is 4.79 Å². The van der Waals surface area contributed by atoms with Crippen LogP contribution in [0.3, 0.4) is 0 Å². The molecule has 1 aliphatic heterocycles. The van der Waals surface area contributed by atoms with Gasteiger partial charge in [-0.2, -0.15) is 0 Å². The van der Waals surface area contributed by atoms with Crippen molar-refractivity contribution in [2.24, 2.45) is 5.92 Å². The number of epoxide rings is 1. The van der Waals surface area contributed by atoms with Crippen LogP contribution in [0.1, 0.15) is 46.1 Å². The topological polar surface area (TPSA) is 61.9 Å². The van der Waals surface area contributed by atoms with Gasteiger partial charge < -0.3 is 15.2 Å². The van der Waals surface area contributed by atoms with Gasteiger partial charge in [-0.05, 0) is 44.6 Å². The van der Waals surface area contributed by atoms with Gasteiger partial charge in [-0.25, -0.2) is 0 Å². The van der Waals surface area contributed by atoms with E-state index in [1.165, 1.54) is 32.3 Å². The second-order valence-corrected chi connectivity index (χ2v) is 6.50. The van der Waals surface area contributed by atoms with Crippen LogP contribution in [0.4, 0.5) is 0 Å². The predicted molar refractivity (Wildman–Crippen MR) is 99.7 cm³/mol. The van der Waals surface area contributed by atoms with Crippen LogP contribution in [0.25, 0.3) is 0 Å². The van der Waals surface area contributed by atoms with Crippen molar-refractivity contribution in [3.8, 4) is 0 Å². The van der Waals surface area contributed by atoms with Gasteiger partial charge in [0.25, 0.3) is 0 Å². The number of amides is 1. The summed E-state index contributed by atoms with van der Waals surface area (Å²) in [6.45, 7) is 11.8. The maximum atomic E-state index is 9.55. The monoisotopic (exact) mass is 335 g/mol. The minimum atomic E-state index is -1.07. The van der Waals surface area contributed by atoms with Crippen LogP contribution in [0.2, 0.25) is 0 Å². The number of rotatable bonds is 7. The van der Waals surface area contributed by atoms with Gasteiger partial charge in [0.2, 0.25) is 6.41 Å². The van der Waals surface area contributed by atoms with E-state index in [2.05, 4.69) is 56.1 Å². The highest BCUT2D eigenvalue weighted by molar-refractivity contribution is 5.46. The van der Waals surface area contributed by atoms with Crippen molar-refractivity contribution in [3.63, 3.8) is 0 Å². The first-order valence-corrected chi connectivity index (χ1v) is 8.52. The number of hydrogen-bond donors (Lipinski definition) is 2.